The van der Waals surface area contributed by atoms with Crippen molar-refractivity contribution in [2.24, 2.45) is 0 Å². The molecular weight excluding hydrogens is 420 g/mol. The first kappa shape index (κ1) is 20.8. The average Bonchev–Trinajstić information content (AvgIpc) is 3.16. The highest BCUT2D eigenvalue weighted by Crippen LogP contribution is 2.28. The monoisotopic (exact) mass is 442 g/mol. The van der Waals surface area contributed by atoms with E-state index in [2.05, 4.69) is 32.7 Å². The van der Waals surface area contributed by atoms with Gasteiger partial charge in [0.15, 0.2) is 5.58 Å². The second-order valence-electron chi connectivity index (χ2n) is 7.02. The number of aromatic nitrogens is 1. The smallest absolute Gasteiger partial charge is 0.257 e. The number of anilines is 2. The van der Waals surface area contributed by atoms with Gasteiger partial charge < -0.3 is 14.6 Å². The Kier molecular flexibility index (Phi) is 6.62. The summed E-state index contributed by atoms with van der Waals surface area (Å²) in [5.74, 6) is 0.111. The van der Waals surface area contributed by atoms with Gasteiger partial charge >= 0.3 is 0 Å². The van der Waals surface area contributed by atoms with Gasteiger partial charge in [0.25, 0.3) is 5.22 Å². The second kappa shape index (κ2) is 9.55. The molecule has 1 aliphatic heterocycles. The van der Waals surface area contributed by atoms with E-state index in [1.54, 1.807) is 18.2 Å². The van der Waals surface area contributed by atoms with Gasteiger partial charge in [-0.3, -0.25) is 9.69 Å². The lowest BCUT2D eigenvalue weighted by molar-refractivity contribution is -0.113. The van der Waals surface area contributed by atoms with E-state index in [9.17, 15) is 4.79 Å². The molecule has 1 N–H and O–H groups in total. The van der Waals surface area contributed by atoms with Crippen LogP contribution in [0.2, 0.25) is 5.02 Å². The molecule has 2 aromatic carbocycles. The van der Waals surface area contributed by atoms with Crippen LogP contribution in [0, 0.1) is 0 Å². The van der Waals surface area contributed by atoms with E-state index < -0.39 is 0 Å². The Hall–Kier alpha value is -2.48. The first-order chi connectivity index (χ1) is 14.6. The van der Waals surface area contributed by atoms with Crippen LogP contribution in [-0.4, -0.2) is 54.3 Å². The molecule has 2 heterocycles. The molecule has 0 saturated carbocycles. The van der Waals surface area contributed by atoms with Crippen LogP contribution < -0.4 is 10.2 Å². The van der Waals surface area contributed by atoms with Crippen LogP contribution in [0.25, 0.3) is 11.1 Å². The molecule has 0 unspecified atom stereocenters. The van der Waals surface area contributed by atoms with Crippen molar-refractivity contribution in [2.75, 3.05) is 48.7 Å². The number of amides is 1. The summed E-state index contributed by atoms with van der Waals surface area (Å²) in [4.78, 5) is 21.6. The maximum absolute atomic E-state index is 12.6. The van der Waals surface area contributed by atoms with E-state index >= 15 is 0 Å². The Morgan fingerprint density at radius 3 is 2.83 bits per heavy atom. The first-order valence-corrected chi connectivity index (χ1v) is 11.1. The third-order valence-corrected chi connectivity index (χ3v) is 6.00. The fourth-order valence-electron chi connectivity index (χ4n) is 3.46. The third kappa shape index (κ3) is 4.98. The highest BCUT2D eigenvalue weighted by atomic mass is 35.5. The lowest BCUT2D eigenvalue weighted by Gasteiger charge is -2.36. The number of thioether (sulfide) groups is 1. The van der Waals surface area contributed by atoms with Crippen molar-refractivity contribution >= 4 is 51.7 Å². The van der Waals surface area contributed by atoms with Crippen LogP contribution in [0.1, 0.15) is 0 Å². The van der Waals surface area contributed by atoms with E-state index in [1.807, 2.05) is 24.3 Å². The van der Waals surface area contributed by atoms with Gasteiger partial charge in [0, 0.05) is 37.7 Å². The van der Waals surface area contributed by atoms with Crippen molar-refractivity contribution < 1.29 is 9.21 Å². The molecule has 156 valence electrons. The molecule has 0 atom stereocenters. The third-order valence-electron chi connectivity index (χ3n) is 4.94. The van der Waals surface area contributed by atoms with E-state index in [0.29, 0.717) is 21.3 Å². The summed E-state index contributed by atoms with van der Waals surface area (Å²) in [5.41, 5.74) is 3.21. The number of rotatable bonds is 7. The molecule has 1 aliphatic rings. The molecule has 1 amide bonds. The van der Waals surface area contributed by atoms with Crippen LogP contribution in [-0.2, 0) is 4.79 Å². The standard InChI is InChI=1S/C22H23ClN4O2S/c1-2-9-26-10-12-27(13-11-26)19-6-4-3-5-17(19)24-21(28)15-30-22-25-18-14-16(23)7-8-20(18)29-22/h2-8,14H,1,9-13,15H2,(H,24,28). The zero-order valence-corrected chi connectivity index (χ0v) is 18.1. The van der Waals surface area contributed by atoms with Crippen molar-refractivity contribution in [2.45, 2.75) is 5.22 Å². The molecule has 4 rings (SSSR count). The number of para-hydroxylation sites is 2. The maximum atomic E-state index is 12.6. The Morgan fingerprint density at radius 2 is 2.03 bits per heavy atom. The number of carbonyl (C=O) groups excluding carboxylic acids is 1. The maximum Gasteiger partial charge on any atom is 0.257 e. The molecule has 1 saturated heterocycles. The number of oxazole rings is 1. The number of nitrogens with one attached hydrogen (secondary N) is 1. The number of carbonyl (C=O) groups is 1. The normalized spacial score (nSPS) is 14.8. The zero-order valence-electron chi connectivity index (χ0n) is 16.5. The summed E-state index contributed by atoms with van der Waals surface area (Å²) in [6.07, 6.45) is 1.94. The summed E-state index contributed by atoms with van der Waals surface area (Å²) in [7, 11) is 0. The predicted molar refractivity (Wildman–Crippen MR) is 124 cm³/mol. The van der Waals surface area contributed by atoms with Gasteiger partial charge in [-0.1, -0.05) is 41.6 Å². The number of fused-ring (bicyclic) bond motifs is 1. The van der Waals surface area contributed by atoms with Crippen molar-refractivity contribution in [3.8, 4) is 0 Å². The second-order valence-corrected chi connectivity index (χ2v) is 8.39. The van der Waals surface area contributed by atoms with E-state index in [0.717, 1.165) is 44.1 Å². The Labute approximate surface area is 184 Å². The molecule has 1 aromatic heterocycles. The largest absolute Gasteiger partial charge is 0.431 e. The van der Waals surface area contributed by atoms with Gasteiger partial charge in [0.05, 0.1) is 17.1 Å². The minimum Gasteiger partial charge on any atom is -0.431 e. The molecular formula is C22H23ClN4O2S. The molecule has 0 radical (unpaired) electrons. The van der Waals surface area contributed by atoms with Gasteiger partial charge in [-0.05, 0) is 30.3 Å². The van der Waals surface area contributed by atoms with Crippen molar-refractivity contribution in [3.63, 3.8) is 0 Å². The fraction of sp³-hybridized carbons (Fsp3) is 0.273. The molecule has 3 aromatic rings. The molecule has 1 fully saturated rings. The van der Waals surface area contributed by atoms with Crippen LogP contribution in [0.4, 0.5) is 11.4 Å². The summed E-state index contributed by atoms with van der Waals surface area (Å²) in [6, 6.07) is 13.2. The van der Waals surface area contributed by atoms with E-state index in [-0.39, 0.29) is 11.7 Å². The first-order valence-electron chi connectivity index (χ1n) is 9.78. The number of hydrogen-bond acceptors (Lipinski definition) is 6. The summed E-state index contributed by atoms with van der Waals surface area (Å²) >= 11 is 7.25. The van der Waals surface area contributed by atoms with Gasteiger partial charge in [0.1, 0.15) is 5.52 Å². The highest BCUT2D eigenvalue weighted by molar-refractivity contribution is 7.99. The Balaban J connectivity index is 1.37. The van der Waals surface area contributed by atoms with E-state index in [4.69, 9.17) is 16.0 Å². The summed E-state index contributed by atoms with van der Waals surface area (Å²) in [5, 5.41) is 4.09. The van der Waals surface area contributed by atoms with Crippen LogP contribution >= 0.6 is 23.4 Å². The minimum absolute atomic E-state index is 0.0990. The number of halogens is 1. The fourth-order valence-corrected chi connectivity index (χ4v) is 4.27. The number of benzene rings is 2. The Morgan fingerprint density at radius 1 is 1.23 bits per heavy atom. The van der Waals surface area contributed by atoms with Crippen molar-refractivity contribution in [1.82, 2.24) is 9.88 Å². The van der Waals surface area contributed by atoms with Crippen LogP contribution in [0.15, 0.2) is 64.8 Å². The molecule has 8 heteroatoms. The lowest BCUT2D eigenvalue weighted by Crippen LogP contribution is -2.46. The molecule has 0 bridgehead atoms. The molecule has 6 nitrogen and oxygen atoms in total. The zero-order chi connectivity index (χ0) is 20.9. The van der Waals surface area contributed by atoms with Crippen molar-refractivity contribution in [3.05, 3.63) is 60.1 Å². The quantitative estimate of drug-likeness (QED) is 0.428. The Bertz CT molecular complexity index is 1050. The van der Waals surface area contributed by atoms with E-state index in [1.165, 1.54) is 11.8 Å². The van der Waals surface area contributed by atoms with Crippen LogP contribution in [0.5, 0.6) is 0 Å². The topological polar surface area (TPSA) is 61.6 Å². The summed E-state index contributed by atoms with van der Waals surface area (Å²) in [6.45, 7) is 8.51. The molecule has 30 heavy (non-hydrogen) atoms. The molecule has 0 spiro atoms. The number of piperazine rings is 1. The van der Waals surface area contributed by atoms with Gasteiger partial charge in [0.2, 0.25) is 5.91 Å². The number of nitrogens with zero attached hydrogens (tertiary/aromatic N) is 3. The SMILES string of the molecule is C=CCN1CCN(c2ccccc2NC(=O)CSc2nc3cc(Cl)ccc3o2)CC1. The minimum atomic E-state index is -0.0990. The number of hydrogen-bond donors (Lipinski definition) is 1. The average molecular weight is 443 g/mol. The predicted octanol–water partition coefficient (Wildman–Crippen LogP) is 4.52. The van der Waals surface area contributed by atoms with Crippen molar-refractivity contribution in [1.29, 1.82) is 0 Å². The summed E-state index contributed by atoms with van der Waals surface area (Å²) < 4.78 is 5.67. The lowest BCUT2D eigenvalue weighted by atomic mass is 10.2. The highest BCUT2D eigenvalue weighted by Gasteiger charge is 2.19. The molecule has 0 aliphatic carbocycles. The van der Waals surface area contributed by atoms with Gasteiger partial charge in [-0.2, -0.15) is 0 Å². The van der Waals surface area contributed by atoms with Crippen LogP contribution in [0.3, 0.4) is 0 Å². The van der Waals surface area contributed by atoms with Gasteiger partial charge in [-0.15, -0.1) is 6.58 Å². The van der Waals surface area contributed by atoms with Gasteiger partial charge in [-0.25, -0.2) is 4.98 Å².